The molecule has 0 radical (unpaired) electrons. The minimum absolute atomic E-state index is 0. The molecule has 1 aliphatic rings. The van der Waals surface area contributed by atoms with Crippen LogP contribution in [0.3, 0.4) is 0 Å². The van der Waals surface area contributed by atoms with E-state index in [4.69, 9.17) is 14.9 Å². The van der Waals surface area contributed by atoms with E-state index in [1.807, 2.05) is 0 Å². The average molecular weight is 212 g/mol. The number of nitrogens with one attached hydrogen (secondary N) is 1. The summed E-state index contributed by atoms with van der Waals surface area (Å²) >= 11 is 0. The monoisotopic (exact) mass is 211 g/mol. The molecule has 80 valence electrons. The number of hydrogen-bond acceptors (Lipinski definition) is 4. The lowest BCUT2D eigenvalue weighted by Gasteiger charge is -2.23. The van der Waals surface area contributed by atoms with Crippen molar-refractivity contribution in [3.05, 3.63) is 0 Å². The Morgan fingerprint density at radius 3 is 2.54 bits per heavy atom. The quantitative estimate of drug-likeness (QED) is 0.589. The second-order valence-corrected chi connectivity index (χ2v) is 3.12. The molecule has 1 heterocycles. The zero-order valence-electron chi connectivity index (χ0n) is 7.61. The van der Waals surface area contributed by atoms with Crippen molar-refractivity contribution >= 4 is 12.4 Å². The van der Waals surface area contributed by atoms with Gasteiger partial charge in [0.05, 0.1) is 19.3 Å². The van der Waals surface area contributed by atoms with Crippen LogP contribution in [0.5, 0.6) is 0 Å². The van der Waals surface area contributed by atoms with Crippen LogP contribution in [0, 0.1) is 0 Å². The first-order chi connectivity index (χ1) is 5.83. The standard InChI is InChI=1S/C8H17NO3.ClH/c10-5-7(11)6-12-8-1-3-9-4-2-8;/h7-11H,1-6H2;1H/t7-;/m1./s1. The van der Waals surface area contributed by atoms with Crippen LogP contribution in [-0.4, -0.2) is 48.7 Å². The van der Waals surface area contributed by atoms with Gasteiger partial charge in [0.1, 0.15) is 6.10 Å². The number of aliphatic hydroxyl groups excluding tert-OH is 2. The van der Waals surface area contributed by atoms with Crippen molar-refractivity contribution < 1.29 is 14.9 Å². The Kier molecular flexibility index (Phi) is 7.60. The zero-order valence-corrected chi connectivity index (χ0v) is 8.42. The molecule has 4 nitrogen and oxygen atoms in total. The fraction of sp³-hybridized carbons (Fsp3) is 1.00. The lowest BCUT2D eigenvalue weighted by molar-refractivity contribution is -0.0373. The minimum Gasteiger partial charge on any atom is -0.394 e. The van der Waals surface area contributed by atoms with Gasteiger partial charge in [0, 0.05) is 0 Å². The predicted molar refractivity (Wildman–Crippen MR) is 52.2 cm³/mol. The zero-order chi connectivity index (χ0) is 8.81. The molecular weight excluding hydrogens is 194 g/mol. The SMILES string of the molecule is Cl.OC[C@@H](O)COC1CCNCC1. The largest absolute Gasteiger partial charge is 0.394 e. The van der Waals surface area contributed by atoms with E-state index in [1.165, 1.54) is 0 Å². The predicted octanol–water partition coefficient (Wildman–Crippen LogP) is -0.470. The van der Waals surface area contributed by atoms with Gasteiger partial charge in [-0.2, -0.15) is 0 Å². The molecule has 1 aliphatic heterocycles. The molecular formula is C8H18ClNO3. The van der Waals surface area contributed by atoms with Crippen LogP contribution in [0.15, 0.2) is 0 Å². The number of ether oxygens (including phenoxy) is 1. The molecule has 1 fully saturated rings. The van der Waals surface area contributed by atoms with Gasteiger partial charge in [-0.1, -0.05) is 0 Å². The van der Waals surface area contributed by atoms with Gasteiger partial charge < -0.3 is 20.3 Å². The summed E-state index contributed by atoms with van der Waals surface area (Å²) in [6, 6.07) is 0. The topological polar surface area (TPSA) is 61.7 Å². The highest BCUT2D eigenvalue weighted by Crippen LogP contribution is 2.07. The molecule has 0 aromatic carbocycles. The van der Waals surface area contributed by atoms with Crippen molar-refractivity contribution in [3.8, 4) is 0 Å². The van der Waals surface area contributed by atoms with Crippen molar-refractivity contribution in [2.45, 2.75) is 25.0 Å². The third-order valence-electron chi connectivity index (χ3n) is 2.02. The molecule has 3 N–H and O–H groups in total. The first-order valence-electron chi connectivity index (χ1n) is 4.44. The molecule has 0 aromatic rings. The first kappa shape index (κ1) is 13.1. The molecule has 0 aliphatic carbocycles. The maximum absolute atomic E-state index is 9.00. The summed E-state index contributed by atoms with van der Waals surface area (Å²) in [7, 11) is 0. The summed E-state index contributed by atoms with van der Waals surface area (Å²) in [5, 5.41) is 20.7. The van der Waals surface area contributed by atoms with Gasteiger partial charge in [-0.3, -0.25) is 0 Å². The molecule has 5 heteroatoms. The summed E-state index contributed by atoms with van der Waals surface area (Å²) in [6.07, 6.45) is 1.53. The molecule has 13 heavy (non-hydrogen) atoms. The molecule has 0 aromatic heterocycles. The molecule has 1 rings (SSSR count). The van der Waals surface area contributed by atoms with Gasteiger partial charge in [-0.25, -0.2) is 0 Å². The maximum Gasteiger partial charge on any atom is 0.100 e. The van der Waals surface area contributed by atoms with Gasteiger partial charge in [-0.05, 0) is 25.9 Å². The second-order valence-electron chi connectivity index (χ2n) is 3.12. The van der Waals surface area contributed by atoms with E-state index in [0.717, 1.165) is 25.9 Å². The van der Waals surface area contributed by atoms with Crippen LogP contribution in [-0.2, 0) is 4.74 Å². The maximum atomic E-state index is 9.00. The van der Waals surface area contributed by atoms with Crippen LogP contribution in [0.4, 0.5) is 0 Å². The smallest absolute Gasteiger partial charge is 0.100 e. The fourth-order valence-corrected chi connectivity index (χ4v) is 1.26. The highest BCUT2D eigenvalue weighted by atomic mass is 35.5. The van der Waals surface area contributed by atoms with E-state index in [0.29, 0.717) is 0 Å². The van der Waals surface area contributed by atoms with Gasteiger partial charge in [0.15, 0.2) is 0 Å². The normalized spacial score (nSPS) is 20.8. The van der Waals surface area contributed by atoms with Crippen molar-refractivity contribution in [1.82, 2.24) is 5.32 Å². The Bertz CT molecular complexity index is 120. The van der Waals surface area contributed by atoms with Crippen molar-refractivity contribution in [1.29, 1.82) is 0 Å². The molecule has 0 spiro atoms. The second kappa shape index (κ2) is 7.53. The number of hydrogen-bond donors (Lipinski definition) is 3. The third-order valence-corrected chi connectivity index (χ3v) is 2.02. The lowest BCUT2D eigenvalue weighted by Crippen LogP contribution is -2.34. The summed E-state index contributed by atoms with van der Waals surface area (Å²) in [4.78, 5) is 0. The number of piperidine rings is 1. The van der Waals surface area contributed by atoms with E-state index >= 15 is 0 Å². The summed E-state index contributed by atoms with van der Waals surface area (Å²) in [6.45, 7) is 2.01. The molecule has 1 atom stereocenters. The number of rotatable bonds is 4. The fourth-order valence-electron chi connectivity index (χ4n) is 1.26. The molecule has 0 amide bonds. The Balaban J connectivity index is 0.00000144. The minimum atomic E-state index is -0.722. The van der Waals surface area contributed by atoms with E-state index < -0.39 is 6.10 Å². The molecule has 1 saturated heterocycles. The van der Waals surface area contributed by atoms with E-state index in [2.05, 4.69) is 5.32 Å². The summed E-state index contributed by atoms with van der Waals surface area (Å²) in [5.41, 5.74) is 0. The van der Waals surface area contributed by atoms with Crippen LogP contribution < -0.4 is 5.32 Å². The van der Waals surface area contributed by atoms with E-state index in [1.54, 1.807) is 0 Å². The lowest BCUT2D eigenvalue weighted by atomic mass is 10.1. The first-order valence-corrected chi connectivity index (χ1v) is 4.44. The van der Waals surface area contributed by atoms with Crippen LogP contribution >= 0.6 is 12.4 Å². The van der Waals surface area contributed by atoms with Gasteiger partial charge in [0.2, 0.25) is 0 Å². The number of aliphatic hydroxyl groups is 2. The molecule has 0 unspecified atom stereocenters. The van der Waals surface area contributed by atoms with Crippen LogP contribution in [0.1, 0.15) is 12.8 Å². The Hall–Kier alpha value is 0.130. The van der Waals surface area contributed by atoms with Gasteiger partial charge in [0.25, 0.3) is 0 Å². The highest BCUT2D eigenvalue weighted by Gasteiger charge is 2.14. The van der Waals surface area contributed by atoms with Crippen LogP contribution in [0.2, 0.25) is 0 Å². The van der Waals surface area contributed by atoms with Crippen LogP contribution in [0.25, 0.3) is 0 Å². The van der Waals surface area contributed by atoms with Crippen molar-refractivity contribution in [2.24, 2.45) is 0 Å². The molecule has 0 bridgehead atoms. The average Bonchev–Trinajstić information content (AvgIpc) is 2.16. The Morgan fingerprint density at radius 2 is 2.00 bits per heavy atom. The van der Waals surface area contributed by atoms with Crippen molar-refractivity contribution in [2.75, 3.05) is 26.3 Å². The third kappa shape index (κ3) is 5.44. The number of halogens is 1. The van der Waals surface area contributed by atoms with Gasteiger partial charge in [-0.15, -0.1) is 12.4 Å². The molecule has 0 saturated carbocycles. The van der Waals surface area contributed by atoms with Gasteiger partial charge >= 0.3 is 0 Å². The van der Waals surface area contributed by atoms with Crippen molar-refractivity contribution in [3.63, 3.8) is 0 Å². The van der Waals surface area contributed by atoms with E-state index in [-0.39, 0.29) is 31.7 Å². The Morgan fingerprint density at radius 1 is 1.38 bits per heavy atom. The summed E-state index contributed by atoms with van der Waals surface area (Å²) < 4.78 is 5.39. The van der Waals surface area contributed by atoms with E-state index in [9.17, 15) is 0 Å². The summed E-state index contributed by atoms with van der Waals surface area (Å²) in [5.74, 6) is 0. The Labute approximate surface area is 84.7 Å². The highest BCUT2D eigenvalue weighted by molar-refractivity contribution is 5.85.